The van der Waals surface area contributed by atoms with Crippen molar-refractivity contribution in [2.75, 3.05) is 39.6 Å². The molecular formula is C28H36N4O7. The number of carbonyl (C=O) groups is 3. The van der Waals surface area contributed by atoms with Crippen molar-refractivity contribution in [3.8, 4) is 5.75 Å². The number of anilines is 1. The molecular weight excluding hydrogens is 504 g/mol. The van der Waals surface area contributed by atoms with Crippen molar-refractivity contribution in [2.45, 2.75) is 43.9 Å². The van der Waals surface area contributed by atoms with Crippen molar-refractivity contribution in [2.24, 2.45) is 23.5 Å². The third-order valence-electron chi connectivity index (χ3n) is 8.70. The standard InChI is InChI=1S/C28H36N4O7/c1-31(2)17-9-14(11-30-10-12-5-6-12)22(33)19-15(17)7-13-8-16-21(32(3)4)24(35)20(27(29)38)26(37)28(16,39)25(36)18(13)23(19)34/h9,12-13,16,21,30,33-34,37,39H,5-8,10-11H2,1-4H3,(H2,29,38)/t13-,16-,21-,28-/m0/s1. The van der Waals surface area contributed by atoms with E-state index >= 15 is 0 Å². The number of nitrogens with two attached hydrogens (primary N) is 1. The number of primary amides is 1. The molecule has 0 aliphatic heterocycles. The maximum absolute atomic E-state index is 14.0. The molecule has 0 heterocycles. The van der Waals surface area contributed by atoms with E-state index in [1.807, 2.05) is 25.1 Å². The van der Waals surface area contributed by atoms with Gasteiger partial charge >= 0.3 is 0 Å². The first kappa shape index (κ1) is 27.2. The smallest absolute Gasteiger partial charge is 0.255 e. The quantitative estimate of drug-likeness (QED) is 0.267. The van der Waals surface area contributed by atoms with Gasteiger partial charge in [0.1, 0.15) is 22.8 Å². The Hall–Kier alpha value is -3.41. The van der Waals surface area contributed by atoms with Gasteiger partial charge in [-0.15, -0.1) is 0 Å². The van der Waals surface area contributed by atoms with Gasteiger partial charge in [-0.3, -0.25) is 19.3 Å². The summed E-state index contributed by atoms with van der Waals surface area (Å²) in [7, 11) is 6.86. The molecule has 0 aromatic heterocycles. The number of hydrogen-bond donors (Lipinski definition) is 6. The Morgan fingerprint density at radius 3 is 2.38 bits per heavy atom. The Labute approximate surface area is 226 Å². The van der Waals surface area contributed by atoms with E-state index in [-0.39, 0.29) is 29.7 Å². The lowest BCUT2D eigenvalue weighted by Gasteiger charge is -2.50. The molecule has 11 nitrogen and oxygen atoms in total. The zero-order chi connectivity index (χ0) is 28.5. The highest BCUT2D eigenvalue weighted by Crippen LogP contribution is 2.54. The fraction of sp³-hybridized carbons (Fsp3) is 0.536. The highest BCUT2D eigenvalue weighted by atomic mass is 16.3. The van der Waals surface area contributed by atoms with E-state index in [4.69, 9.17) is 5.73 Å². The van der Waals surface area contributed by atoms with Crippen LogP contribution in [0, 0.1) is 17.8 Å². The van der Waals surface area contributed by atoms with Crippen LogP contribution in [0.2, 0.25) is 0 Å². The lowest BCUT2D eigenvalue weighted by Crippen LogP contribution is -2.65. The number of phenolic OH excluding ortho intramolecular Hbond substituents is 1. The fourth-order valence-electron chi connectivity index (χ4n) is 6.61. The lowest BCUT2D eigenvalue weighted by atomic mass is 9.57. The number of aliphatic hydroxyl groups is 3. The number of nitrogens with zero attached hydrogens (tertiary/aromatic N) is 2. The first-order valence-electron chi connectivity index (χ1n) is 13.2. The van der Waals surface area contributed by atoms with Crippen LogP contribution in [0.15, 0.2) is 23.0 Å². The number of Topliss-reactive ketones (excluding diaryl/α,β-unsaturated/α-hetero) is 2. The van der Waals surface area contributed by atoms with Crippen LogP contribution in [0.4, 0.5) is 5.69 Å². The molecule has 5 rings (SSSR count). The van der Waals surface area contributed by atoms with Gasteiger partial charge in [0.2, 0.25) is 5.78 Å². The van der Waals surface area contributed by atoms with Gasteiger partial charge in [0.05, 0.1) is 11.6 Å². The van der Waals surface area contributed by atoms with E-state index in [2.05, 4.69) is 5.32 Å². The first-order valence-corrected chi connectivity index (χ1v) is 13.2. The molecule has 11 heteroatoms. The van der Waals surface area contributed by atoms with E-state index in [9.17, 15) is 34.8 Å². The third-order valence-corrected chi connectivity index (χ3v) is 8.70. The summed E-state index contributed by atoms with van der Waals surface area (Å²) in [5.41, 5.74) is 3.85. The minimum absolute atomic E-state index is 0.0596. The number of fused-ring (bicyclic) bond motifs is 3. The zero-order valence-electron chi connectivity index (χ0n) is 22.6. The van der Waals surface area contributed by atoms with Gasteiger partial charge in [-0.25, -0.2) is 0 Å². The number of amides is 1. The molecule has 39 heavy (non-hydrogen) atoms. The second-order valence-electron chi connectivity index (χ2n) is 11.7. The van der Waals surface area contributed by atoms with Gasteiger partial charge in [-0.1, -0.05) is 0 Å². The van der Waals surface area contributed by atoms with Gasteiger partial charge in [0.25, 0.3) is 5.91 Å². The summed E-state index contributed by atoms with van der Waals surface area (Å²) in [5, 5.41) is 48.9. The highest BCUT2D eigenvalue weighted by Gasteiger charge is 2.64. The third kappa shape index (κ3) is 4.02. The number of likely N-dealkylation sites (N-methyl/N-ethyl adjacent to an activating group) is 1. The number of aromatic hydroxyl groups is 1. The molecule has 4 aliphatic rings. The van der Waals surface area contributed by atoms with E-state index < -0.39 is 58.0 Å². The van der Waals surface area contributed by atoms with Crippen LogP contribution in [0.25, 0.3) is 5.76 Å². The number of ketones is 2. The molecule has 4 atom stereocenters. The molecule has 210 valence electrons. The van der Waals surface area contributed by atoms with Gasteiger partial charge in [-0.05, 0) is 69.8 Å². The Bertz CT molecular complexity index is 1340. The van der Waals surface area contributed by atoms with Crippen molar-refractivity contribution >= 4 is 28.9 Å². The molecule has 0 spiro atoms. The molecule has 4 aliphatic carbocycles. The molecule has 0 radical (unpaired) electrons. The minimum Gasteiger partial charge on any atom is -0.508 e. The number of phenols is 1. The van der Waals surface area contributed by atoms with Crippen LogP contribution < -0.4 is 16.0 Å². The summed E-state index contributed by atoms with van der Waals surface area (Å²) in [6.07, 6.45) is 2.66. The number of rotatable bonds is 7. The van der Waals surface area contributed by atoms with Crippen LogP contribution in [0.3, 0.4) is 0 Å². The number of nitrogens with one attached hydrogen (secondary N) is 1. The van der Waals surface area contributed by atoms with Crippen LogP contribution in [0.5, 0.6) is 5.75 Å². The van der Waals surface area contributed by atoms with Gasteiger partial charge < -0.3 is 36.4 Å². The molecule has 2 saturated carbocycles. The van der Waals surface area contributed by atoms with E-state index in [1.165, 1.54) is 17.7 Å². The lowest BCUT2D eigenvalue weighted by molar-refractivity contribution is -0.153. The average Bonchev–Trinajstić information content (AvgIpc) is 3.66. The Balaban J connectivity index is 1.67. The topological polar surface area (TPSA) is 177 Å². The molecule has 0 bridgehead atoms. The number of carbonyl (C=O) groups excluding carboxylic acids is 3. The van der Waals surface area contributed by atoms with Crippen molar-refractivity contribution in [1.29, 1.82) is 0 Å². The van der Waals surface area contributed by atoms with Crippen molar-refractivity contribution in [3.05, 3.63) is 39.7 Å². The van der Waals surface area contributed by atoms with Gasteiger partial charge in [0, 0.05) is 43.4 Å². The number of benzene rings is 1. The maximum atomic E-state index is 14.0. The molecule has 1 aromatic rings. The summed E-state index contributed by atoms with van der Waals surface area (Å²) < 4.78 is 0. The Kier molecular flexibility index (Phi) is 6.52. The van der Waals surface area contributed by atoms with Crippen molar-refractivity contribution in [1.82, 2.24) is 10.2 Å². The molecule has 1 aromatic carbocycles. The average molecular weight is 541 g/mol. The van der Waals surface area contributed by atoms with E-state index in [0.29, 0.717) is 23.6 Å². The SMILES string of the molecule is CN(C)c1cc(CNCC2CC2)c(O)c2c1C[C@H]1C[C@H]3[C@H](N(C)C)C(=O)C(C(N)=O)=C(O)[C@@]3(O)C(=O)C1=C2O. The second-order valence-corrected chi connectivity index (χ2v) is 11.7. The molecule has 1 amide bonds. The highest BCUT2D eigenvalue weighted by molar-refractivity contribution is 6.24. The molecule has 0 saturated heterocycles. The monoisotopic (exact) mass is 540 g/mol. The molecule has 7 N–H and O–H groups in total. The maximum Gasteiger partial charge on any atom is 0.255 e. The van der Waals surface area contributed by atoms with E-state index in [0.717, 1.165) is 12.2 Å². The summed E-state index contributed by atoms with van der Waals surface area (Å²) in [5.74, 6) is -5.83. The van der Waals surface area contributed by atoms with Crippen LogP contribution >= 0.6 is 0 Å². The molecule has 0 unspecified atom stereocenters. The zero-order valence-corrected chi connectivity index (χ0v) is 22.6. The fourth-order valence-corrected chi connectivity index (χ4v) is 6.61. The van der Waals surface area contributed by atoms with Crippen molar-refractivity contribution in [3.63, 3.8) is 0 Å². The Morgan fingerprint density at radius 1 is 1.15 bits per heavy atom. The summed E-state index contributed by atoms with van der Waals surface area (Å²) in [6, 6.07) is 0.762. The second kappa shape index (κ2) is 9.35. The van der Waals surface area contributed by atoms with Crippen LogP contribution in [0.1, 0.15) is 36.0 Å². The largest absolute Gasteiger partial charge is 0.508 e. The molecule has 2 fully saturated rings. The van der Waals surface area contributed by atoms with Crippen molar-refractivity contribution < 1.29 is 34.8 Å². The predicted molar refractivity (Wildman–Crippen MR) is 143 cm³/mol. The van der Waals surface area contributed by atoms with Gasteiger partial charge in [-0.2, -0.15) is 0 Å². The Morgan fingerprint density at radius 2 is 1.82 bits per heavy atom. The first-order chi connectivity index (χ1) is 18.3. The summed E-state index contributed by atoms with van der Waals surface area (Å²) >= 11 is 0. The van der Waals surface area contributed by atoms with Crippen LogP contribution in [-0.2, 0) is 27.3 Å². The normalized spacial score (nSPS) is 28.4. The van der Waals surface area contributed by atoms with Gasteiger partial charge in [0.15, 0.2) is 11.4 Å². The summed E-state index contributed by atoms with van der Waals surface area (Å²) in [6.45, 7) is 1.18. The minimum atomic E-state index is -2.64. The number of hydrogen-bond acceptors (Lipinski definition) is 10. The van der Waals surface area contributed by atoms with E-state index in [1.54, 1.807) is 14.1 Å². The predicted octanol–water partition coefficient (Wildman–Crippen LogP) is 0.530. The number of aliphatic hydroxyl groups excluding tert-OH is 2. The summed E-state index contributed by atoms with van der Waals surface area (Å²) in [4.78, 5) is 42.7. The van der Waals surface area contributed by atoms with Crippen LogP contribution in [-0.4, -0.2) is 89.2 Å².